The van der Waals surface area contributed by atoms with E-state index in [4.69, 9.17) is 9.47 Å². The molecule has 0 spiro atoms. The summed E-state index contributed by atoms with van der Waals surface area (Å²) in [7, 11) is 0. The maximum absolute atomic E-state index is 13.4. The molecule has 8 nitrogen and oxygen atoms in total. The van der Waals surface area contributed by atoms with Gasteiger partial charge in [-0.15, -0.1) is 11.3 Å². The van der Waals surface area contributed by atoms with Gasteiger partial charge in [-0.3, -0.25) is 9.59 Å². The van der Waals surface area contributed by atoms with Crippen LogP contribution in [0.2, 0.25) is 0 Å². The number of fused-ring (bicyclic) bond motifs is 3. The van der Waals surface area contributed by atoms with Crippen LogP contribution in [0, 0.1) is 12.7 Å². The first-order valence-corrected chi connectivity index (χ1v) is 12.5. The summed E-state index contributed by atoms with van der Waals surface area (Å²) in [5.41, 5.74) is 2.14. The molecule has 0 saturated carbocycles. The van der Waals surface area contributed by atoms with Gasteiger partial charge in [-0.05, 0) is 42.3 Å². The number of nitrogens with zero attached hydrogens (tertiary/aromatic N) is 3. The smallest absolute Gasteiger partial charge is 0.283 e. The third-order valence-electron chi connectivity index (χ3n) is 5.66. The van der Waals surface area contributed by atoms with Crippen molar-refractivity contribution in [1.29, 1.82) is 0 Å². The number of thioether (sulfide) groups is 1. The molecule has 2 aromatic carbocycles. The van der Waals surface area contributed by atoms with Gasteiger partial charge in [-0.1, -0.05) is 23.9 Å². The molecular weight excluding hydrogens is 491 g/mol. The zero-order valence-electron chi connectivity index (χ0n) is 18.3. The monoisotopic (exact) mass is 508 g/mol. The van der Waals surface area contributed by atoms with E-state index in [1.165, 1.54) is 39.9 Å². The molecule has 6 rings (SSSR count). The van der Waals surface area contributed by atoms with E-state index in [-0.39, 0.29) is 17.3 Å². The minimum absolute atomic E-state index is 0.338. The van der Waals surface area contributed by atoms with Crippen molar-refractivity contribution in [2.45, 2.75) is 12.1 Å². The molecule has 176 valence electrons. The van der Waals surface area contributed by atoms with Crippen LogP contribution in [0.5, 0.6) is 11.5 Å². The van der Waals surface area contributed by atoms with E-state index in [1.54, 1.807) is 37.3 Å². The number of aromatic nitrogens is 2. The van der Waals surface area contributed by atoms with Crippen LogP contribution in [0.1, 0.15) is 20.8 Å². The Bertz CT molecular complexity index is 1590. The van der Waals surface area contributed by atoms with Gasteiger partial charge in [-0.2, -0.15) is 9.78 Å². The van der Waals surface area contributed by atoms with E-state index in [0.717, 1.165) is 5.56 Å². The van der Waals surface area contributed by atoms with E-state index in [9.17, 15) is 14.0 Å². The Morgan fingerprint density at radius 2 is 1.89 bits per heavy atom. The molecule has 0 atom stereocenters. The van der Waals surface area contributed by atoms with Crippen molar-refractivity contribution < 1.29 is 18.7 Å². The Labute approximate surface area is 206 Å². The van der Waals surface area contributed by atoms with Gasteiger partial charge in [0, 0.05) is 17.5 Å². The zero-order chi connectivity index (χ0) is 24.1. The predicted molar refractivity (Wildman–Crippen MR) is 133 cm³/mol. The fourth-order valence-corrected chi connectivity index (χ4v) is 5.95. The zero-order valence-corrected chi connectivity index (χ0v) is 20.0. The van der Waals surface area contributed by atoms with Gasteiger partial charge in [0.05, 0.1) is 16.0 Å². The summed E-state index contributed by atoms with van der Waals surface area (Å²) in [4.78, 5) is 32.0. The van der Waals surface area contributed by atoms with E-state index in [0.29, 0.717) is 67.7 Å². The lowest BCUT2D eigenvalue weighted by Crippen LogP contribution is -2.25. The number of aryl methyl sites for hydroxylation is 1. The molecule has 0 bridgehead atoms. The largest absolute Gasteiger partial charge is 0.486 e. The molecule has 0 aliphatic carbocycles. The predicted octanol–water partition coefficient (Wildman–Crippen LogP) is 4.29. The Kier molecular flexibility index (Phi) is 5.30. The maximum Gasteiger partial charge on any atom is 0.283 e. The maximum atomic E-state index is 13.4. The summed E-state index contributed by atoms with van der Waals surface area (Å²) >= 11 is 2.54. The van der Waals surface area contributed by atoms with Crippen molar-refractivity contribution in [2.24, 2.45) is 5.10 Å². The first-order valence-electron chi connectivity index (χ1n) is 10.7. The van der Waals surface area contributed by atoms with E-state index < -0.39 is 0 Å². The van der Waals surface area contributed by atoms with Crippen LogP contribution in [0.4, 0.5) is 10.1 Å². The van der Waals surface area contributed by atoms with Crippen molar-refractivity contribution >= 4 is 50.6 Å². The Morgan fingerprint density at radius 1 is 1.11 bits per heavy atom. The summed E-state index contributed by atoms with van der Waals surface area (Å²) in [5.74, 6) is 1.02. The lowest BCUT2D eigenvalue weighted by atomic mass is 10.1. The fraction of sp³-hybridized carbons (Fsp3) is 0.167. The van der Waals surface area contributed by atoms with Crippen LogP contribution >= 0.6 is 23.1 Å². The highest BCUT2D eigenvalue weighted by molar-refractivity contribution is 7.99. The number of hydrogen-bond donors (Lipinski definition) is 1. The molecule has 4 aromatic rings. The summed E-state index contributed by atoms with van der Waals surface area (Å²) in [6.07, 6.45) is 0. The standard InChI is InChI=1S/C24H17FN4O4S2/c1-12-19-22(35-20(12)21(30)26-15-6-7-17-18(10-15)33-9-8-32-17)27-24-29(23(19)31)28-16(11-34-24)13-2-4-14(25)5-3-13/h2-7,10H,8-9,11H2,1H3,(H,26,30). The molecule has 0 saturated heterocycles. The minimum Gasteiger partial charge on any atom is -0.486 e. The molecule has 0 fully saturated rings. The van der Waals surface area contributed by atoms with Crippen molar-refractivity contribution in [1.82, 2.24) is 9.66 Å². The molecule has 4 heterocycles. The summed E-state index contributed by atoms with van der Waals surface area (Å²) in [6, 6.07) is 11.2. The van der Waals surface area contributed by atoms with Crippen LogP contribution in [0.3, 0.4) is 0 Å². The molecule has 1 N–H and O–H groups in total. The topological polar surface area (TPSA) is 94.8 Å². The fourth-order valence-electron chi connectivity index (χ4n) is 3.93. The molecule has 2 aliphatic rings. The molecule has 0 unspecified atom stereocenters. The van der Waals surface area contributed by atoms with Gasteiger partial charge < -0.3 is 14.8 Å². The number of amides is 1. The number of halogens is 1. The highest BCUT2D eigenvalue weighted by Gasteiger charge is 2.25. The van der Waals surface area contributed by atoms with Gasteiger partial charge in [-0.25, -0.2) is 9.37 Å². The number of ether oxygens (including phenoxy) is 2. The Balaban J connectivity index is 1.35. The number of carbonyl (C=O) groups excluding carboxylic acids is 1. The number of nitrogens with one attached hydrogen (secondary N) is 1. The molecule has 2 aromatic heterocycles. The lowest BCUT2D eigenvalue weighted by Gasteiger charge is -2.18. The van der Waals surface area contributed by atoms with Crippen molar-refractivity contribution in [3.05, 3.63) is 74.6 Å². The third kappa shape index (κ3) is 3.86. The number of benzene rings is 2. The summed E-state index contributed by atoms with van der Waals surface area (Å²) in [5, 5.41) is 8.17. The molecular formula is C24H17FN4O4S2. The second-order valence-electron chi connectivity index (χ2n) is 7.90. The summed E-state index contributed by atoms with van der Waals surface area (Å²) in [6.45, 7) is 2.66. The quantitative estimate of drug-likeness (QED) is 0.415. The lowest BCUT2D eigenvalue weighted by molar-refractivity contribution is 0.103. The molecule has 0 radical (unpaired) electrons. The number of carbonyl (C=O) groups is 1. The van der Waals surface area contributed by atoms with E-state index in [2.05, 4.69) is 15.4 Å². The minimum atomic E-state index is -0.344. The SMILES string of the molecule is Cc1c(C(=O)Nc2ccc3c(c2)OCCO3)sc2nc3n(c(=O)c12)N=C(c1ccc(F)cc1)CS3. The van der Waals surface area contributed by atoms with Crippen LogP contribution in [-0.2, 0) is 0 Å². The molecule has 2 aliphatic heterocycles. The number of thiophene rings is 1. The van der Waals surface area contributed by atoms with Crippen molar-refractivity contribution in [2.75, 3.05) is 24.3 Å². The van der Waals surface area contributed by atoms with Crippen molar-refractivity contribution in [3.63, 3.8) is 0 Å². The second-order valence-corrected chi connectivity index (χ2v) is 9.84. The van der Waals surface area contributed by atoms with Gasteiger partial charge >= 0.3 is 0 Å². The van der Waals surface area contributed by atoms with Gasteiger partial charge in [0.1, 0.15) is 23.9 Å². The average molecular weight is 509 g/mol. The Morgan fingerprint density at radius 3 is 2.69 bits per heavy atom. The molecule has 11 heteroatoms. The van der Waals surface area contributed by atoms with Gasteiger partial charge in [0.2, 0.25) is 0 Å². The number of rotatable bonds is 3. The van der Waals surface area contributed by atoms with Crippen LogP contribution in [-0.4, -0.2) is 40.2 Å². The second kappa shape index (κ2) is 8.51. The van der Waals surface area contributed by atoms with Gasteiger partial charge in [0.15, 0.2) is 16.7 Å². The van der Waals surface area contributed by atoms with Crippen LogP contribution in [0.15, 0.2) is 57.5 Å². The summed E-state index contributed by atoms with van der Waals surface area (Å²) < 4.78 is 25.7. The normalized spacial score (nSPS) is 14.4. The third-order valence-corrected chi connectivity index (χ3v) is 7.78. The van der Waals surface area contributed by atoms with Crippen LogP contribution < -0.4 is 20.3 Å². The molecule has 1 amide bonds. The average Bonchev–Trinajstić information content (AvgIpc) is 3.21. The molecule has 35 heavy (non-hydrogen) atoms. The van der Waals surface area contributed by atoms with E-state index >= 15 is 0 Å². The highest BCUT2D eigenvalue weighted by atomic mass is 32.2. The number of hydrogen-bond acceptors (Lipinski definition) is 8. The van der Waals surface area contributed by atoms with Crippen molar-refractivity contribution in [3.8, 4) is 11.5 Å². The first-order chi connectivity index (χ1) is 17.0. The number of anilines is 1. The van der Waals surface area contributed by atoms with Crippen LogP contribution in [0.25, 0.3) is 10.2 Å². The Hall–Kier alpha value is -3.70. The van der Waals surface area contributed by atoms with Gasteiger partial charge in [0.25, 0.3) is 11.5 Å². The van der Waals surface area contributed by atoms with E-state index in [1.807, 2.05) is 0 Å². The highest BCUT2D eigenvalue weighted by Crippen LogP contribution is 2.34. The first kappa shape index (κ1) is 21.8.